The predicted molar refractivity (Wildman–Crippen MR) is 65.1 cm³/mol. The van der Waals surface area contributed by atoms with Crippen LogP contribution >= 0.6 is 15.9 Å². The maximum absolute atomic E-state index is 10.0. The molecule has 2 rings (SSSR count). The maximum atomic E-state index is 10.0. The first-order chi connectivity index (χ1) is 7.74. The Morgan fingerprint density at radius 3 is 2.88 bits per heavy atom. The van der Waals surface area contributed by atoms with Crippen molar-refractivity contribution >= 4 is 15.9 Å². The van der Waals surface area contributed by atoms with E-state index >= 15 is 0 Å². The number of hydrogen-bond acceptors (Lipinski definition) is 3. The Balaban J connectivity index is 2.42. The lowest BCUT2D eigenvalue weighted by atomic mass is 9.95. The summed E-state index contributed by atoms with van der Waals surface area (Å²) in [6.07, 6.45) is 3.33. The molecule has 3 nitrogen and oxygen atoms in total. The largest absolute Gasteiger partial charge is 0.506 e. The Labute approximate surface area is 103 Å². The van der Waals surface area contributed by atoms with Crippen LogP contribution < -0.4 is 5.32 Å². The van der Waals surface area contributed by atoms with Crippen molar-refractivity contribution in [3.05, 3.63) is 27.7 Å². The molecule has 0 saturated carbocycles. The molecule has 0 spiro atoms. The normalized spacial score (nSPS) is 20.4. The predicted octanol–water partition coefficient (Wildman–Crippen LogP) is 2.84. The van der Waals surface area contributed by atoms with Gasteiger partial charge in [-0.05, 0) is 31.5 Å². The van der Waals surface area contributed by atoms with E-state index in [0.29, 0.717) is 5.56 Å². The van der Waals surface area contributed by atoms with Gasteiger partial charge in [0.05, 0.1) is 5.56 Å². The summed E-state index contributed by atoms with van der Waals surface area (Å²) in [5.74, 6) is 0.108. The zero-order valence-electron chi connectivity index (χ0n) is 8.83. The zero-order valence-corrected chi connectivity index (χ0v) is 10.4. The molecule has 1 aromatic carbocycles. The molecule has 0 unspecified atom stereocenters. The van der Waals surface area contributed by atoms with Crippen LogP contribution in [0.25, 0.3) is 0 Å². The molecule has 0 bridgehead atoms. The standard InChI is InChI=1S/C12H13BrN2O/c13-9-5-4-8(7-14)12(16)11(9)10-3-1-2-6-15-10/h4-5,10,15-16H,1-3,6H2/t10-/m0/s1. The van der Waals surface area contributed by atoms with Gasteiger partial charge in [-0.25, -0.2) is 0 Å². The highest BCUT2D eigenvalue weighted by molar-refractivity contribution is 9.10. The molecule has 1 aliphatic heterocycles. The number of nitrogens with zero attached hydrogens (tertiary/aromatic N) is 1. The molecular weight excluding hydrogens is 268 g/mol. The average molecular weight is 281 g/mol. The number of phenols is 1. The fraction of sp³-hybridized carbons (Fsp3) is 0.417. The molecule has 16 heavy (non-hydrogen) atoms. The molecular formula is C12H13BrN2O. The number of piperidine rings is 1. The van der Waals surface area contributed by atoms with E-state index in [1.54, 1.807) is 6.07 Å². The van der Waals surface area contributed by atoms with Crippen molar-refractivity contribution in [2.24, 2.45) is 0 Å². The van der Waals surface area contributed by atoms with Crippen molar-refractivity contribution in [3.63, 3.8) is 0 Å². The minimum atomic E-state index is 0.108. The molecule has 0 radical (unpaired) electrons. The minimum absolute atomic E-state index is 0.108. The summed E-state index contributed by atoms with van der Waals surface area (Å²) in [5.41, 5.74) is 1.16. The van der Waals surface area contributed by atoms with Gasteiger partial charge in [-0.15, -0.1) is 0 Å². The van der Waals surface area contributed by atoms with E-state index in [1.165, 1.54) is 6.42 Å². The number of benzene rings is 1. The topological polar surface area (TPSA) is 56.0 Å². The number of halogens is 1. The van der Waals surface area contributed by atoms with Crippen LogP contribution in [0.3, 0.4) is 0 Å². The van der Waals surface area contributed by atoms with Crippen LogP contribution in [0.15, 0.2) is 16.6 Å². The fourth-order valence-electron chi connectivity index (χ4n) is 2.10. The average Bonchev–Trinajstić information content (AvgIpc) is 2.31. The van der Waals surface area contributed by atoms with Gasteiger partial charge in [0.15, 0.2) is 0 Å². The van der Waals surface area contributed by atoms with Crippen molar-refractivity contribution < 1.29 is 5.11 Å². The van der Waals surface area contributed by atoms with Crippen molar-refractivity contribution in [2.75, 3.05) is 6.54 Å². The number of aromatic hydroxyl groups is 1. The highest BCUT2D eigenvalue weighted by atomic mass is 79.9. The summed E-state index contributed by atoms with van der Waals surface area (Å²) in [5, 5.41) is 22.3. The Hall–Kier alpha value is -1.05. The van der Waals surface area contributed by atoms with Crippen LogP contribution in [-0.2, 0) is 0 Å². The summed E-state index contributed by atoms with van der Waals surface area (Å²) < 4.78 is 0.864. The van der Waals surface area contributed by atoms with Gasteiger partial charge in [0.2, 0.25) is 0 Å². The van der Waals surface area contributed by atoms with Crippen LogP contribution in [0.2, 0.25) is 0 Å². The Bertz CT molecular complexity index is 433. The monoisotopic (exact) mass is 280 g/mol. The summed E-state index contributed by atoms with van der Waals surface area (Å²) in [6, 6.07) is 5.61. The first kappa shape index (κ1) is 11.4. The summed E-state index contributed by atoms with van der Waals surface area (Å²) in [7, 11) is 0. The molecule has 0 aromatic heterocycles. The first-order valence-electron chi connectivity index (χ1n) is 5.39. The van der Waals surface area contributed by atoms with Crippen LogP contribution in [0.5, 0.6) is 5.75 Å². The van der Waals surface area contributed by atoms with Crippen LogP contribution in [0.4, 0.5) is 0 Å². The lowest BCUT2D eigenvalue weighted by Crippen LogP contribution is -2.27. The third-order valence-corrected chi connectivity index (χ3v) is 3.63. The second-order valence-electron chi connectivity index (χ2n) is 3.97. The van der Waals surface area contributed by atoms with Gasteiger partial charge in [-0.1, -0.05) is 22.4 Å². The molecule has 84 valence electrons. The molecule has 4 heteroatoms. The zero-order chi connectivity index (χ0) is 11.5. The van der Waals surface area contributed by atoms with Gasteiger partial charge in [-0.3, -0.25) is 0 Å². The second kappa shape index (κ2) is 4.86. The van der Waals surface area contributed by atoms with E-state index in [0.717, 1.165) is 29.4 Å². The van der Waals surface area contributed by atoms with Crippen LogP contribution in [0.1, 0.15) is 36.4 Å². The lowest BCUT2D eigenvalue weighted by Gasteiger charge is -2.25. The highest BCUT2D eigenvalue weighted by Gasteiger charge is 2.22. The summed E-state index contributed by atoms with van der Waals surface area (Å²) in [4.78, 5) is 0. The molecule has 2 N–H and O–H groups in total. The number of nitrogens with one attached hydrogen (secondary N) is 1. The van der Waals surface area contributed by atoms with Crippen LogP contribution in [-0.4, -0.2) is 11.7 Å². The van der Waals surface area contributed by atoms with E-state index in [9.17, 15) is 5.11 Å². The smallest absolute Gasteiger partial charge is 0.139 e. The minimum Gasteiger partial charge on any atom is -0.506 e. The molecule has 1 atom stereocenters. The summed E-state index contributed by atoms with van der Waals surface area (Å²) in [6.45, 7) is 0.966. The Morgan fingerprint density at radius 1 is 1.44 bits per heavy atom. The molecule has 1 saturated heterocycles. The fourth-order valence-corrected chi connectivity index (χ4v) is 2.70. The molecule has 1 aromatic rings. The van der Waals surface area contributed by atoms with Crippen molar-refractivity contribution in [3.8, 4) is 11.8 Å². The SMILES string of the molecule is N#Cc1ccc(Br)c([C@@H]2CCCCN2)c1O. The van der Waals surface area contributed by atoms with E-state index in [4.69, 9.17) is 5.26 Å². The second-order valence-corrected chi connectivity index (χ2v) is 4.83. The van der Waals surface area contributed by atoms with Gasteiger partial charge in [0.25, 0.3) is 0 Å². The number of hydrogen-bond donors (Lipinski definition) is 2. The van der Waals surface area contributed by atoms with E-state index in [1.807, 2.05) is 12.1 Å². The van der Waals surface area contributed by atoms with E-state index in [2.05, 4.69) is 21.2 Å². The summed E-state index contributed by atoms with van der Waals surface area (Å²) >= 11 is 3.44. The third-order valence-electron chi connectivity index (χ3n) is 2.94. The molecule has 0 aliphatic carbocycles. The molecule has 1 fully saturated rings. The van der Waals surface area contributed by atoms with Gasteiger partial charge in [0, 0.05) is 16.1 Å². The van der Waals surface area contributed by atoms with Crippen molar-refractivity contribution in [2.45, 2.75) is 25.3 Å². The van der Waals surface area contributed by atoms with Gasteiger partial charge >= 0.3 is 0 Å². The third kappa shape index (κ3) is 2.06. The Kier molecular flexibility index (Phi) is 3.47. The molecule has 0 amide bonds. The number of nitriles is 1. The quantitative estimate of drug-likeness (QED) is 0.832. The van der Waals surface area contributed by atoms with Gasteiger partial charge in [0.1, 0.15) is 11.8 Å². The maximum Gasteiger partial charge on any atom is 0.139 e. The van der Waals surface area contributed by atoms with Gasteiger partial charge < -0.3 is 10.4 Å². The van der Waals surface area contributed by atoms with Crippen molar-refractivity contribution in [1.82, 2.24) is 5.32 Å². The van der Waals surface area contributed by atoms with Gasteiger partial charge in [-0.2, -0.15) is 5.26 Å². The molecule has 1 heterocycles. The lowest BCUT2D eigenvalue weighted by molar-refractivity contribution is 0.389. The number of rotatable bonds is 1. The number of phenolic OH excluding ortho intramolecular Hbond substituents is 1. The first-order valence-corrected chi connectivity index (χ1v) is 6.18. The van der Waals surface area contributed by atoms with E-state index < -0.39 is 0 Å². The molecule has 1 aliphatic rings. The Morgan fingerprint density at radius 2 is 2.25 bits per heavy atom. The highest BCUT2D eigenvalue weighted by Crippen LogP contribution is 2.37. The van der Waals surface area contributed by atoms with Crippen molar-refractivity contribution in [1.29, 1.82) is 5.26 Å². The van der Waals surface area contributed by atoms with Crippen LogP contribution in [0, 0.1) is 11.3 Å². The van der Waals surface area contributed by atoms with E-state index in [-0.39, 0.29) is 11.8 Å².